The van der Waals surface area contributed by atoms with Gasteiger partial charge < -0.3 is 9.89 Å². The summed E-state index contributed by atoms with van der Waals surface area (Å²) in [5.74, 6) is 0. The predicted molar refractivity (Wildman–Crippen MR) is 114 cm³/mol. The molecule has 0 aliphatic heterocycles. The van der Waals surface area contributed by atoms with Gasteiger partial charge in [-0.1, -0.05) is 90.3 Å². The summed E-state index contributed by atoms with van der Waals surface area (Å²) >= 11 is 3.70. The van der Waals surface area contributed by atoms with E-state index in [9.17, 15) is 0 Å². The van der Waals surface area contributed by atoms with E-state index in [4.69, 9.17) is 5.41 Å². The summed E-state index contributed by atoms with van der Waals surface area (Å²) in [6.07, 6.45) is 20.1. The van der Waals surface area contributed by atoms with Gasteiger partial charge in [-0.2, -0.15) is 5.16 Å². The van der Waals surface area contributed by atoms with Crippen LogP contribution in [-0.2, 0) is 0 Å². The Labute approximate surface area is 158 Å². The van der Waals surface area contributed by atoms with Crippen molar-refractivity contribution in [3.05, 3.63) is 5.41 Å². The molecule has 0 fully saturated rings. The van der Waals surface area contributed by atoms with Crippen LogP contribution in [0.25, 0.3) is 5.41 Å². The van der Waals surface area contributed by atoms with Gasteiger partial charge in [0.25, 0.3) is 0 Å². The molecule has 144 valence electrons. The molecule has 0 aromatic carbocycles. The Bertz CT molecular complexity index is 251. The fourth-order valence-corrected chi connectivity index (χ4v) is 3.11. The monoisotopic (exact) mass is 356 g/mol. The van der Waals surface area contributed by atoms with Crippen LogP contribution in [0.5, 0.6) is 0 Å². The van der Waals surface area contributed by atoms with Crippen molar-refractivity contribution in [2.75, 3.05) is 27.2 Å². The molecule has 0 aromatic heterocycles. The van der Waals surface area contributed by atoms with Crippen LogP contribution in [0.2, 0.25) is 0 Å². The van der Waals surface area contributed by atoms with Gasteiger partial charge in [0.05, 0.1) is 27.2 Å². The molecule has 0 radical (unpaired) electrons. The summed E-state index contributed by atoms with van der Waals surface area (Å²) in [6.45, 7) is 7.35. The molecule has 2 nitrogen and oxygen atoms in total. The van der Waals surface area contributed by atoms with Gasteiger partial charge in [0.1, 0.15) is 0 Å². The van der Waals surface area contributed by atoms with Crippen LogP contribution in [0.1, 0.15) is 104 Å². The smallest absolute Gasteiger partial charge is 0.0782 e. The van der Waals surface area contributed by atoms with Crippen LogP contribution < -0.4 is 0 Å². The summed E-state index contributed by atoms with van der Waals surface area (Å²) in [6, 6.07) is 0. The van der Waals surface area contributed by atoms with Crippen LogP contribution in [-0.4, -0.2) is 36.8 Å². The minimum Gasteiger partial charge on any atom is -0.753 e. The van der Waals surface area contributed by atoms with Crippen molar-refractivity contribution in [3.63, 3.8) is 0 Å². The first kappa shape index (κ1) is 26.0. The molecule has 0 rings (SSSR count). The number of quaternary nitrogens is 1. The fourth-order valence-electron chi connectivity index (χ4n) is 3.11. The quantitative estimate of drug-likeness (QED) is 0.124. The zero-order chi connectivity index (χ0) is 18.5. The molecule has 0 bridgehead atoms. The van der Waals surface area contributed by atoms with Gasteiger partial charge >= 0.3 is 0 Å². The third-order valence-electron chi connectivity index (χ3n) is 4.73. The largest absolute Gasteiger partial charge is 0.753 e. The van der Waals surface area contributed by atoms with E-state index in [1.54, 1.807) is 0 Å². The van der Waals surface area contributed by atoms with Gasteiger partial charge in [0, 0.05) is 0 Å². The Hall–Kier alpha value is -0.240. The predicted octanol–water partition coefficient (Wildman–Crippen LogP) is 7.22. The highest BCUT2D eigenvalue weighted by Gasteiger charge is 2.13. The molecule has 0 unspecified atom stereocenters. The molecule has 0 spiro atoms. The van der Waals surface area contributed by atoms with E-state index in [1.165, 1.54) is 113 Å². The average Bonchev–Trinajstić information content (AvgIpc) is 2.54. The molecule has 0 saturated carbocycles. The number of rotatable bonds is 16. The lowest BCUT2D eigenvalue weighted by molar-refractivity contribution is -0.890. The van der Waals surface area contributed by atoms with Gasteiger partial charge in [0.2, 0.25) is 0 Å². The van der Waals surface area contributed by atoms with Crippen molar-refractivity contribution in [2.24, 2.45) is 0 Å². The van der Waals surface area contributed by atoms with E-state index in [2.05, 4.69) is 40.2 Å². The molecule has 0 atom stereocenters. The lowest BCUT2D eigenvalue weighted by Gasteiger charge is -2.30. The number of hydrogen-bond donors (Lipinski definition) is 0. The second kappa shape index (κ2) is 20.8. The van der Waals surface area contributed by atoms with E-state index in [-0.39, 0.29) is 0 Å². The molecule has 3 heteroatoms. The lowest BCUT2D eigenvalue weighted by atomic mass is 10.1. The number of isothiocyanates is 1. The van der Waals surface area contributed by atoms with Crippen LogP contribution in [0.3, 0.4) is 0 Å². The van der Waals surface area contributed by atoms with Crippen molar-refractivity contribution < 1.29 is 4.48 Å². The minimum absolute atomic E-state index is 1.24. The van der Waals surface area contributed by atoms with Gasteiger partial charge in [-0.3, -0.25) is 0 Å². The maximum Gasteiger partial charge on any atom is 0.0782 e. The second-order valence-electron chi connectivity index (χ2n) is 7.72. The van der Waals surface area contributed by atoms with Crippen molar-refractivity contribution in [2.45, 2.75) is 104 Å². The summed E-state index contributed by atoms with van der Waals surface area (Å²) in [5.41, 5.74) is 0. The first-order valence-electron chi connectivity index (χ1n) is 10.4. The van der Waals surface area contributed by atoms with Crippen molar-refractivity contribution >= 4 is 17.4 Å². The maximum atomic E-state index is 7.13. The van der Waals surface area contributed by atoms with E-state index >= 15 is 0 Å². The van der Waals surface area contributed by atoms with Crippen molar-refractivity contribution in [1.29, 1.82) is 0 Å². The molecule has 24 heavy (non-hydrogen) atoms. The van der Waals surface area contributed by atoms with Gasteiger partial charge in [0.15, 0.2) is 0 Å². The van der Waals surface area contributed by atoms with Gasteiger partial charge in [-0.05, 0) is 25.7 Å². The zero-order valence-corrected chi connectivity index (χ0v) is 17.9. The summed E-state index contributed by atoms with van der Waals surface area (Å²) in [5, 5.41) is 8.47. The van der Waals surface area contributed by atoms with E-state index in [0.29, 0.717) is 0 Å². The molecular formula is C21H44N2S. The molecule has 0 amide bonds. The molecular weight excluding hydrogens is 312 g/mol. The first-order valence-corrected chi connectivity index (χ1v) is 10.8. The van der Waals surface area contributed by atoms with Crippen LogP contribution in [0, 0.1) is 0 Å². The fraction of sp³-hybridized carbons (Fsp3) is 0.952. The summed E-state index contributed by atoms with van der Waals surface area (Å²) < 4.78 is 1.24. The molecule has 0 aliphatic rings. The Balaban J connectivity index is 0. The molecule has 0 aromatic rings. The van der Waals surface area contributed by atoms with Crippen molar-refractivity contribution in [1.82, 2.24) is 0 Å². The normalized spacial score (nSPS) is 10.8. The number of unbranched alkanes of at least 4 members (excludes halogenated alkanes) is 12. The molecule has 0 heterocycles. The molecule has 0 saturated heterocycles. The Morgan fingerprint density at radius 1 is 0.625 bits per heavy atom. The van der Waals surface area contributed by atoms with Crippen LogP contribution in [0.4, 0.5) is 0 Å². The van der Waals surface area contributed by atoms with Crippen LogP contribution >= 0.6 is 12.2 Å². The maximum absolute atomic E-state index is 7.13. The lowest BCUT2D eigenvalue weighted by Crippen LogP contribution is -2.41. The zero-order valence-electron chi connectivity index (χ0n) is 17.1. The Morgan fingerprint density at radius 2 is 0.875 bits per heavy atom. The highest BCUT2D eigenvalue weighted by atomic mass is 32.1. The van der Waals surface area contributed by atoms with E-state index in [1.807, 2.05) is 0 Å². The SMILES string of the molecule is CCCCCCCCC[N+](C)(C)CCCCCCCCC.[N-]=C=S. The Morgan fingerprint density at radius 3 is 1.17 bits per heavy atom. The summed E-state index contributed by atoms with van der Waals surface area (Å²) in [7, 11) is 4.85. The van der Waals surface area contributed by atoms with E-state index in [0.717, 1.165) is 0 Å². The van der Waals surface area contributed by atoms with Gasteiger partial charge in [-0.25, -0.2) is 0 Å². The number of nitrogens with zero attached hydrogens (tertiary/aromatic N) is 2. The minimum atomic E-state index is 1.24. The van der Waals surface area contributed by atoms with Gasteiger partial charge in [-0.15, -0.1) is 0 Å². The highest BCUT2D eigenvalue weighted by Crippen LogP contribution is 2.12. The number of hydrogen-bond acceptors (Lipinski definition) is 1. The molecule has 0 N–H and O–H groups in total. The van der Waals surface area contributed by atoms with Crippen LogP contribution in [0.15, 0.2) is 0 Å². The topological polar surface area (TPSA) is 22.3 Å². The Kier molecular flexibility index (Phi) is 22.5. The second-order valence-corrected chi connectivity index (χ2v) is 7.90. The van der Waals surface area contributed by atoms with Crippen molar-refractivity contribution in [3.8, 4) is 0 Å². The first-order chi connectivity index (χ1) is 11.5. The third-order valence-corrected chi connectivity index (χ3v) is 4.73. The molecule has 0 aliphatic carbocycles. The van der Waals surface area contributed by atoms with E-state index < -0.39 is 0 Å². The average molecular weight is 357 g/mol. The standard InChI is InChI=1S/C20H44N.CNS/c1-5-7-9-11-13-15-17-19-21(3,4)20-18-16-14-12-10-8-6-2;2-1-3/h5-20H2,1-4H3;/q+1;-1. The third kappa shape index (κ3) is 24.0. The number of thiocarbonyl (C=S) groups is 1. The summed E-state index contributed by atoms with van der Waals surface area (Å²) in [4.78, 5) is 0. The highest BCUT2D eigenvalue weighted by molar-refractivity contribution is 7.78.